The van der Waals surface area contributed by atoms with E-state index >= 15 is 0 Å². The number of ether oxygens (including phenoxy) is 1. The van der Waals surface area contributed by atoms with Gasteiger partial charge in [0.15, 0.2) is 0 Å². The SMILES string of the molecule is CC(C)OCCN(C)C(CN)c1cnn(C(C)C)c1. The highest BCUT2D eigenvalue weighted by Crippen LogP contribution is 2.18. The van der Waals surface area contributed by atoms with Crippen LogP contribution in [0.15, 0.2) is 12.4 Å². The van der Waals surface area contributed by atoms with Gasteiger partial charge in [-0.3, -0.25) is 9.58 Å². The van der Waals surface area contributed by atoms with Gasteiger partial charge in [-0.2, -0.15) is 5.10 Å². The molecule has 0 fully saturated rings. The van der Waals surface area contributed by atoms with Gasteiger partial charge in [-0.1, -0.05) is 0 Å². The molecule has 1 aromatic heterocycles. The first kappa shape index (κ1) is 16.1. The maximum absolute atomic E-state index is 5.90. The van der Waals surface area contributed by atoms with E-state index < -0.39 is 0 Å². The van der Waals surface area contributed by atoms with Crippen molar-refractivity contribution in [3.8, 4) is 0 Å². The van der Waals surface area contributed by atoms with E-state index in [9.17, 15) is 0 Å². The van der Waals surface area contributed by atoms with Gasteiger partial charge in [0.1, 0.15) is 0 Å². The Hall–Kier alpha value is -0.910. The molecule has 0 bridgehead atoms. The number of hydrogen-bond acceptors (Lipinski definition) is 4. The lowest BCUT2D eigenvalue weighted by Crippen LogP contribution is -2.33. The Morgan fingerprint density at radius 3 is 2.53 bits per heavy atom. The van der Waals surface area contributed by atoms with Gasteiger partial charge in [-0.25, -0.2) is 0 Å². The van der Waals surface area contributed by atoms with Crippen LogP contribution in [0.25, 0.3) is 0 Å². The van der Waals surface area contributed by atoms with Crippen molar-refractivity contribution in [3.63, 3.8) is 0 Å². The fourth-order valence-electron chi connectivity index (χ4n) is 1.97. The van der Waals surface area contributed by atoms with Crippen molar-refractivity contribution in [2.75, 3.05) is 26.7 Å². The molecule has 1 atom stereocenters. The largest absolute Gasteiger partial charge is 0.377 e. The molecule has 1 heterocycles. The van der Waals surface area contributed by atoms with Crippen LogP contribution in [0, 0.1) is 0 Å². The molecular formula is C14H28N4O. The minimum absolute atomic E-state index is 0.197. The van der Waals surface area contributed by atoms with E-state index in [2.05, 4.69) is 37.1 Å². The van der Waals surface area contributed by atoms with E-state index in [-0.39, 0.29) is 12.1 Å². The Kier molecular flexibility index (Phi) is 6.48. The van der Waals surface area contributed by atoms with Crippen LogP contribution in [0.2, 0.25) is 0 Å². The zero-order valence-electron chi connectivity index (χ0n) is 12.8. The third-order valence-corrected chi connectivity index (χ3v) is 3.19. The van der Waals surface area contributed by atoms with Gasteiger partial charge in [-0.15, -0.1) is 0 Å². The molecule has 19 heavy (non-hydrogen) atoms. The molecule has 0 aromatic carbocycles. The summed E-state index contributed by atoms with van der Waals surface area (Å²) in [6.45, 7) is 10.5. The van der Waals surface area contributed by atoms with E-state index in [1.54, 1.807) is 0 Å². The highest BCUT2D eigenvalue weighted by Gasteiger charge is 2.17. The normalized spacial score (nSPS) is 13.7. The lowest BCUT2D eigenvalue weighted by Gasteiger charge is -2.26. The Labute approximate surface area is 116 Å². The Balaban J connectivity index is 2.59. The van der Waals surface area contributed by atoms with Crippen LogP contribution in [0.5, 0.6) is 0 Å². The predicted molar refractivity (Wildman–Crippen MR) is 78.1 cm³/mol. The van der Waals surface area contributed by atoms with Crippen molar-refractivity contribution in [1.82, 2.24) is 14.7 Å². The summed E-state index contributed by atoms with van der Waals surface area (Å²) in [6, 6.07) is 0.574. The van der Waals surface area contributed by atoms with Crippen molar-refractivity contribution in [2.24, 2.45) is 5.73 Å². The molecule has 1 unspecified atom stereocenters. The van der Waals surface area contributed by atoms with Gasteiger partial charge in [0.05, 0.1) is 18.9 Å². The predicted octanol–water partition coefficient (Wildman–Crippen LogP) is 1.82. The standard InChI is InChI=1S/C14H28N4O/c1-11(2)18-10-13(9-16-18)14(8-15)17(5)6-7-19-12(3)4/h9-12,14H,6-8,15H2,1-5H3. The fourth-order valence-corrected chi connectivity index (χ4v) is 1.97. The van der Waals surface area contributed by atoms with Gasteiger partial charge in [0.2, 0.25) is 0 Å². The number of nitrogens with zero attached hydrogens (tertiary/aromatic N) is 3. The lowest BCUT2D eigenvalue weighted by atomic mass is 10.1. The molecule has 0 aliphatic heterocycles. The van der Waals surface area contributed by atoms with E-state index in [0.29, 0.717) is 12.6 Å². The highest BCUT2D eigenvalue weighted by molar-refractivity contribution is 5.11. The maximum Gasteiger partial charge on any atom is 0.0597 e. The van der Waals surface area contributed by atoms with Crippen LogP contribution in [-0.2, 0) is 4.74 Å². The van der Waals surface area contributed by atoms with Crippen molar-refractivity contribution in [3.05, 3.63) is 18.0 Å². The van der Waals surface area contributed by atoms with Crippen LogP contribution in [0.3, 0.4) is 0 Å². The van der Waals surface area contributed by atoms with Crippen molar-refractivity contribution in [1.29, 1.82) is 0 Å². The number of rotatable bonds is 8. The molecule has 0 amide bonds. The lowest BCUT2D eigenvalue weighted by molar-refractivity contribution is 0.0564. The second-order valence-electron chi connectivity index (χ2n) is 5.50. The highest BCUT2D eigenvalue weighted by atomic mass is 16.5. The van der Waals surface area contributed by atoms with Crippen LogP contribution in [0.4, 0.5) is 0 Å². The third kappa shape index (κ3) is 4.93. The zero-order chi connectivity index (χ0) is 14.4. The molecule has 2 N–H and O–H groups in total. The number of hydrogen-bond donors (Lipinski definition) is 1. The van der Waals surface area contributed by atoms with Gasteiger partial charge in [0.25, 0.3) is 0 Å². The second kappa shape index (κ2) is 7.62. The Bertz CT molecular complexity index is 362. The average Bonchev–Trinajstić information content (AvgIpc) is 2.79. The van der Waals surface area contributed by atoms with E-state index in [0.717, 1.165) is 13.2 Å². The summed E-state index contributed by atoms with van der Waals surface area (Å²) < 4.78 is 7.55. The fraction of sp³-hybridized carbons (Fsp3) is 0.786. The molecule has 0 aliphatic rings. The van der Waals surface area contributed by atoms with Crippen molar-refractivity contribution in [2.45, 2.75) is 45.9 Å². The molecular weight excluding hydrogens is 240 g/mol. The van der Waals surface area contributed by atoms with Crippen LogP contribution >= 0.6 is 0 Å². The van der Waals surface area contributed by atoms with Crippen molar-refractivity contribution < 1.29 is 4.74 Å². The first-order valence-electron chi connectivity index (χ1n) is 7.01. The summed E-state index contributed by atoms with van der Waals surface area (Å²) in [5.74, 6) is 0. The molecule has 0 saturated carbocycles. The van der Waals surface area contributed by atoms with Crippen LogP contribution in [0.1, 0.15) is 45.3 Å². The van der Waals surface area contributed by atoms with E-state index in [1.807, 2.05) is 24.7 Å². The third-order valence-electron chi connectivity index (χ3n) is 3.19. The molecule has 1 aromatic rings. The topological polar surface area (TPSA) is 56.3 Å². The summed E-state index contributed by atoms with van der Waals surface area (Å²) in [5.41, 5.74) is 7.07. The zero-order valence-corrected chi connectivity index (χ0v) is 12.8. The molecule has 0 aliphatic carbocycles. The van der Waals surface area contributed by atoms with E-state index in [1.165, 1.54) is 5.56 Å². The molecule has 0 radical (unpaired) electrons. The first-order chi connectivity index (χ1) is 8.95. The molecule has 5 heteroatoms. The Morgan fingerprint density at radius 2 is 2.05 bits per heavy atom. The molecule has 5 nitrogen and oxygen atoms in total. The number of aromatic nitrogens is 2. The maximum atomic E-state index is 5.90. The number of nitrogens with two attached hydrogens (primary N) is 1. The smallest absolute Gasteiger partial charge is 0.0597 e. The minimum atomic E-state index is 0.197. The molecule has 1 rings (SSSR count). The summed E-state index contributed by atoms with van der Waals surface area (Å²) >= 11 is 0. The van der Waals surface area contributed by atoms with Gasteiger partial charge >= 0.3 is 0 Å². The van der Waals surface area contributed by atoms with Gasteiger partial charge in [-0.05, 0) is 34.7 Å². The summed E-state index contributed by atoms with van der Waals surface area (Å²) in [6.07, 6.45) is 4.27. The summed E-state index contributed by atoms with van der Waals surface area (Å²) in [5, 5.41) is 4.38. The first-order valence-corrected chi connectivity index (χ1v) is 7.01. The second-order valence-corrected chi connectivity index (χ2v) is 5.50. The van der Waals surface area contributed by atoms with Crippen LogP contribution < -0.4 is 5.73 Å². The summed E-state index contributed by atoms with van der Waals surface area (Å²) in [7, 11) is 2.08. The summed E-state index contributed by atoms with van der Waals surface area (Å²) in [4.78, 5) is 2.23. The van der Waals surface area contributed by atoms with E-state index in [4.69, 9.17) is 10.5 Å². The molecule has 0 saturated heterocycles. The van der Waals surface area contributed by atoms with Gasteiger partial charge < -0.3 is 10.5 Å². The van der Waals surface area contributed by atoms with Crippen molar-refractivity contribution >= 4 is 0 Å². The minimum Gasteiger partial charge on any atom is -0.377 e. The number of likely N-dealkylation sites (N-methyl/N-ethyl adjacent to an activating group) is 1. The molecule has 110 valence electrons. The quantitative estimate of drug-likeness (QED) is 0.781. The van der Waals surface area contributed by atoms with Crippen LogP contribution in [-0.4, -0.2) is 47.5 Å². The Morgan fingerprint density at radius 1 is 1.37 bits per heavy atom. The monoisotopic (exact) mass is 268 g/mol. The average molecular weight is 268 g/mol. The van der Waals surface area contributed by atoms with Gasteiger partial charge in [0, 0.05) is 36.9 Å². The molecule has 0 spiro atoms.